The van der Waals surface area contributed by atoms with Crippen molar-refractivity contribution >= 4 is 43.5 Å². The number of carbonyl (C=O) groups excluding carboxylic acids is 2. The van der Waals surface area contributed by atoms with Crippen LogP contribution in [0.5, 0.6) is 0 Å². The van der Waals surface area contributed by atoms with E-state index in [1.807, 2.05) is 80.6 Å². The van der Waals surface area contributed by atoms with Gasteiger partial charge in [-0.25, -0.2) is 8.42 Å². The molecule has 4 rings (SSSR count). The van der Waals surface area contributed by atoms with Crippen molar-refractivity contribution in [3.05, 3.63) is 130 Å². The number of hydrogen-bond acceptors (Lipinski definition) is 4. The zero-order valence-corrected chi connectivity index (χ0v) is 27.4. The van der Waals surface area contributed by atoms with Gasteiger partial charge in [-0.1, -0.05) is 108 Å². The van der Waals surface area contributed by atoms with Gasteiger partial charge in [0.25, 0.3) is 10.0 Å². The predicted octanol–water partition coefficient (Wildman–Crippen LogP) is 6.51. The molecule has 0 aromatic heterocycles. The Morgan fingerprint density at radius 3 is 2.14 bits per heavy atom. The average Bonchev–Trinajstić information content (AvgIpc) is 3.03. The van der Waals surface area contributed by atoms with Crippen LogP contribution in [0, 0.1) is 6.92 Å². The second-order valence-electron chi connectivity index (χ2n) is 10.6. The summed E-state index contributed by atoms with van der Waals surface area (Å²) in [7, 11) is -4.13. The Labute approximate surface area is 269 Å². The maximum absolute atomic E-state index is 14.5. The highest BCUT2D eigenvalue weighted by Crippen LogP contribution is 2.28. The Kier molecular flexibility index (Phi) is 11.7. The SMILES string of the molecule is CCCCNC(=O)C(Cc1ccccc1)N(Cc1cccc(Br)c1)C(=O)CN(c1ccccc1C)S(=O)(=O)c1ccccc1. The fraction of sp³-hybridized carbons (Fsp3) is 0.257. The van der Waals surface area contributed by atoms with Crippen LogP contribution in [-0.2, 0) is 32.6 Å². The summed E-state index contributed by atoms with van der Waals surface area (Å²) in [4.78, 5) is 29.9. The van der Waals surface area contributed by atoms with Gasteiger partial charge in [-0.2, -0.15) is 0 Å². The van der Waals surface area contributed by atoms with E-state index in [2.05, 4.69) is 21.2 Å². The molecule has 1 N–H and O–H groups in total. The number of nitrogens with one attached hydrogen (secondary N) is 1. The van der Waals surface area contributed by atoms with Crippen LogP contribution in [0.15, 0.2) is 119 Å². The van der Waals surface area contributed by atoms with Crippen LogP contribution >= 0.6 is 15.9 Å². The molecule has 0 aliphatic carbocycles. The Morgan fingerprint density at radius 2 is 1.48 bits per heavy atom. The number of rotatable bonds is 14. The van der Waals surface area contributed by atoms with Crippen LogP contribution in [0.1, 0.15) is 36.5 Å². The fourth-order valence-corrected chi connectivity index (χ4v) is 6.91. The topological polar surface area (TPSA) is 86.8 Å². The molecule has 0 bridgehead atoms. The number of sulfonamides is 1. The van der Waals surface area contributed by atoms with Crippen LogP contribution < -0.4 is 9.62 Å². The lowest BCUT2D eigenvalue weighted by Crippen LogP contribution is -2.53. The molecule has 4 aromatic carbocycles. The predicted molar refractivity (Wildman–Crippen MR) is 179 cm³/mol. The Bertz CT molecular complexity index is 1650. The van der Waals surface area contributed by atoms with Gasteiger partial charge < -0.3 is 10.2 Å². The van der Waals surface area contributed by atoms with Crippen molar-refractivity contribution in [1.82, 2.24) is 10.2 Å². The van der Waals surface area contributed by atoms with Crippen molar-refractivity contribution in [2.45, 2.75) is 50.6 Å². The van der Waals surface area contributed by atoms with Gasteiger partial charge in [-0.15, -0.1) is 0 Å². The highest BCUT2D eigenvalue weighted by atomic mass is 79.9. The number of amides is 2. The number of anilines is 1. The number of carbonyl (C=O) groups is 2. The molecule has 0 aliphatic rings. The number of unbranched alkanes of at least 4 members (excludes halogenated alkanes) is 1. The van der Waals surface area contributed by atoms with Gasteiger partial charge in [0, 0.05) is 24.0 Å². The third-order valence-corrected chi connectivity index (χ3v) is 9.60. The second kappa shape index (κ2) is 15.7. The number of aryl methyl sites for hydroxylation is 1. The van der Waals surface area contributed by atoms with E-state index >= 15 is 0 Å². The van der Waals surface area contributed by atoms with E-state index in [4.69, 9.17) is 0 Å². The molecule has 0 saturated carbocycles. The zero-order valence-electron chi connectivity index (χ0n) is 25.0. The minimum absolute atomic E-state index is 0.0766. The molecule has 0 spiro atoms. The van der Waals surface area contributed by atoms with E-state index in [0.29, 0.717) is 17.8 Å². The van der Waals surface area contributed by atoms with Crippen molar-refractivity contribution in [2.24, 2.45) is 0 Å². The summed E-state index contributed by atoms with van der Waals surface area (Å²) in [5.74, 6) is -0.765. The quantitative estimate of drug-likeness (QED) is 0.154. The highest BCUT2D eigenvalue weighted by molar-refractivity contribution is 9.10. The molecule has 1 unspecified atom stereocenters. The first-order chi connectivity index (χ1) is 21.2. The first kappa shape index (κ1) is 33.0. The van der Waals surface area contributed by atoms with Crippen molar-refractivity contribution in [2.75, 3.05) is 17.4 Å². The monoisotopic (exact) mass is 675 g/mol. The van der Waals surface area contributed by atoms with Gasteiger partial charge in [-0.05, 0) is 60.4 Å². The summed E-state index contributed by atoms with van der Waals surface area (Å²) in [6.07, 6.45) is 1.99. The summed E-state index contributed by atoms with van der Waals surface area (Å²) in [6.45, 7) is 3.97. The smallest absolute Gasteiger partial charge is 0.264 e. The molecule has 230 valence electrons. The highest BCUT2D eigenvalue weighted by Gasteiger charge is 2.35. The van der Waals surface area contributed by atoms with Gasteiger partial charge in [0.2, 0.25) is 11.8 Å². The lowest BCUT2D eigenvalue weighted by atomic mass is 10.0. The molecule has 1 atom stereocenters. The van der Waals surface area contributed by atoms with Crippen LogP contribution in [0.3, 0.4) is 0 Å². The lowest BCUT2D eigenvalue weighted by molar-refractivity contribution is -0.140. The lowest BCUT2D eigenvalue weighted by Gasteiger charge is -2.34. The van der Waals surface area contributed by atoms with Crippen molar-refractivity contribution in [3.63, 3.8) is 0 Å². The Balaban J connectivity index is 1.79. The van der Waals surface area contributed by atoms with Crippen LogP contribution in [-0.4, -0.2) is 44.3 Å². The largest absolute Gasteiger partial charge is 0.354 e. The maximum Gasteiger partial charge on any atom is 0.264 e. The number of nitrogens with zero attached hydrogens (tertiary/aromatic N) is 2. The summed E-state index contributed by atoms with van der Waals surface area (Å²) in [5.41, 5.74) is 2.80. The normalized spacial score (nSPS) is 11.9. The van der Waals surface area contributed by atoms with Gasteiger partial charge in [0.15, 0.2) is 0 Å². The Morgan fingerprint density at radius 1 is 0.841 bits per heavy atom. The van der Waals surface area contributed by atoms with Crippen LogP contribution in [0.4, 0.5) is 5.69 Å². The number of para-hydroxylation sites is 1. The molecule has 0 radical (unpaired) electrons. The molecule has 9 heteroatoms. The molecule has 44 heavy (non-hydrogen) atoms. The minimum Gasteiger partial charge on any atom is -0.354 e. The molecule has 0 heterocycles. The molecule has 7 nitrogen and oxygen atoms in total. The van der Waals surface area contributed by atoms with Gasteiger partial charge in [0.05, 0.1) is 10.6 Å². The van der Waals surface area contributed by atoms with Crippen molar-refractivity contribution in [3.8, 4) is 0 Å². The number of hydrogen-bond donors (Lipinski definition) is 1. The van der Waals surface area contributed by atoms with Crippen molar-refractivity contribution < 1.29 is 18.0 Å². The van der Waals surface area contributed by atoms with E-state index < -0.39 is 28.5 Å². The molecular weight excluding hydrogens is 638 g/mol. The first-order valence-corrected chi connectivity index (χ1v) is 16.9. The summed E-state index contributed by atoms with van der Waals surface area (Å²) in [5, 5.41) is 3.01. The van der Waals surface area contributed by atoms with Crippen LogP contribution in [0.25, 0.3) is 0 Å². The van der Waals surface area contributed by atoms with Crippen LogP contribution in [0.2, 0.25) is 0 Å². The summed E-state index contributed by atoms with van der Waals surface area (Å²) in [6, 6.07) is 31.4. The zero-order chi connectivity index (χ0) is 31.5. The standard InChI is InChI=1S/C35H38BrN3O4S/c1-3-4-22-37-35(41)33(24-28-15-7-5-8-16-28)38(25-29-17-13-18-30(36)23-29)34(40)26-39(32-21-12-11-14-27(32)2)44(42,43)31-19-9-6-10-20-31/h5-21,23,33H,3-4,22,24-26H2,1-2H3,(H,37,41). The van der Waals surface area contributed by atoms with E-state index in [0.717, 1.165) is 32.7 Å². The van der Waals surface area contributed by atoms with E-state index in [1.165, 1.54) is 17.0 Å². The number of halogens is 1. The third-order valence-electron chi connectivity index (χ3n) is 7.34. The maximum atomic E-state index is 14.5. The molecule has 0 aliphatic heterocycles. The van der Waals surface area contributed by atoms with Gasteiger partial charge >= 0.3 is 0 Å². The van der Waals surface area contributed by atoms with Crippen molar-refractivity contribution in [1.29, 1.82) is 0 Å². The molecule has 0 fully saturated rings. The molecule has 2 amide bonds. The number of benzene rings is 4. The van der Waals surface area contributed by atoms with Gasteiger partial charge in [-0.3, -0.25) is 13.9 Å². The average molecular weight is 677 g/mol. The fourth-order valence-electron chi connectivity index (χ4n) is 4.97. The Hall–Kier alpha value is -3.95. The summed E-state index contributed by atoms with van der Waals surface area (Å²) >= 11 is 3.51. The minimum atomic E-state index is -4.13. The van der Waals surface area contributed by atoms with Gasteiger partial charge in [0.1, 0.15) is 12.6 Å². The first-order valence-electron chi connectivity index (χ1n) is 14.7. The third kappa shape index (κ3) is 8.57. The molecule has 0 saturated heterocycles. The van der Waals surface area contributed by atoms with E-state index in [9.17, 15) is 18.0 Å². The van der Waals surface area contributed by atoms with E-state index in [-0.39, 0.29) is 23.8 Å². The molecular formula is C35H38BrN3O4S. The second-order valence-corrected chi connectivity index (χ2v) is 13.4. The van der Waals surface area contributed by atoms with E-state index in [1.54, 1.807) is 30.3 Å². The molecule has 4 aromatic rings. The summed E-state index contributed by atoms with van der Waals surface area (Å²) < 4.78 is 30.2.